The molecule has 0 spiro atoms. The third kappa shape index (κ3) is 2.51. The largest absolute Gasteiger partial charge is 0.373 e. The minimum Gasteiger partial charge on any atom is -0.373 e. The SMILES string of the molecule is CNc1nc(-c2ccc(Cl)cc2Cl)ncc1C. The quantitative estimate of drug-likeness (QED) is 0.900. The van der Waals surface area contributed by atoms with Crippen molar-refractivity contribution in [2.24, 2.45) is 0 Å². The van der Waals surface area contributed by atoms with Crippen LogP contribution in [0.2, 0.25) is 10.0 Å². The highest BCUT2D eigenvalue weighted by Crippen LogP contribution is 2.28. The summed E-state index contributed by atoms with van der Waals surface area (Å²) < 4.78 is 0. The Morgan fingerprint density at radius 2 is 2.00 bits per heavy atom. The van der Waals surface area contributed by atoms with Crippen molar-refractivity contribution >= 4 is 29.0 Å². The predicted molar refractivity (Wildman–Crippen MR) is 71.8 cm³/mol. The van der Waals surface area contributed by atoms with Gasteiger partial charge in [0.1, 0.15) is 5.82 Å². The van der Waals surface area contributed by atoms with E-state index in [4.69, 9.17) is 23.2 Å². The lowest BCUT2D eigenvalue weighted by atomic mass is 10.2. The summed E-state index contributed by atoms with van der Waals surface area (Å²) in [4.78, 5) is 8.67. The molecule has 0 fully saturated rings. The van der Waals surface area contributed by atoms with E-state index in [9.17, 15) is 0 Å². The van der Waals surface area contributed by atoms with Gasteiger partial charge in [0.05, 0.1) is 5.02 Å². The van der Waals surface area contributed by atoms with Crippen LogP contribution in [0.4, 0.5) is 5.82 Å². The first-order chi connectivity index (χ1) is 8.11. The number of hydrogen-bond acceptors (Lipinski definition) is 3. The minimum atomic E-state index is 0.545. The third-order valence-corrected chi connectivity index (χ3v) is 2.93. The first-order valence-corrected chi connectivity index (χ1v) is 5.84. The first kappa shape index (κ1) is 12.1. The number of rotatable bonds is 2. The van der Waals surface area contributed by atoms with Gasteiger partial charge in [0.2, 0.25) is 0 Å². The Labute approximate surface area is 110 Å². The third-order valence-electron chi connectivity index (χ3n) is 2.38. The van der Waals surface area contributed by atoms with Crippen molar-refractivity contribution in [1.82, 2.24) is 9.97 Å². The molecule has 2 aromatic rings. The predicted octanol–water partition coefficient (Wildman–Crippen LogP) is 3.80. The molecule has 1 aromatic heterocycles. The van der Waals surface area contributed by atoms with E-state index in [1.807, 2.05) is 20.0 Å². The summed E-state index contributed by atoms with van der Waals surface area (Å²) in [6.07, 6.45) is 1.76. The average Bonchev–Trinajstić information content (AvgIpc) is 2.30. The van der Waals surface area contributed by atoms with Crippen molar-refractivity contribution in [1.29, 1.82) is 0 Å². The molecular weight excluding hydrogens is 257 g/mol. The summed E-state index contributed by atoms with van der Waals surface area (Å²) in [7, 11) is 1.82. The zero-order chi connectivity index (χ0) is 12.4. The number of anilines is 1. The Balaban J connectivity index is 2.53. The zero-order valence-corrected chi connectivity index (χ0v) is 11.0. The number of benzene rings is 1. The molecule has 0 bridgehead atoms. The lowest BCUT2D eigenvalue weighted by molar-refractivity contribution is 1.13. The van der Waals surface area contributed by atoms with Crippen LogP contribution in [0.5, 0.6) is 0 Å². The molecule has 3 nitrogen and oxygen atoms in total. The van der Waals surface area contributed by atoms with E-state index in [1.54, 1.807) is 18.3 Å². The maximum Gasteiger partial charge on any atom is 0.163 e. The summed E-state index contributed by atoms with van der Waals surface area (Å²) in [5.41, 5.74) is 1.76. The van der Waals surface area contributed by atoms with E-state index in [1.165, 1.54) is 0 Å². The van der Waals surface area contributed by atoms with E-state index in [2.05, 4.69) is 15.3 Å². The van der Waals surface area contributed by atoms with E-state index >= 15 is 0 Å². The van der Waals surface area contributed by atoms with Gasteiger partial charge in [-0.05, 0) is 25.1 Å². The maximum atomic E-state index is 6.11. The van der Waals surface area contributed by atoms with Gasteiger partial charge in [-0.2, -0.15) is 0 Å². The fourth-order valence-corrected chi connectivity index (χ4v) is 1.99. The van der Waals surface area contributed by atoms with Gasteiger partial charge in [-0.25, -0.2) is 9.97 Å². The minimum absolute atomic E-state index is 0.545. The van der Waals surface area contributed by atoms with Crippen LogP contribution in [-0.4, -0.2) is 17.0 Å². The molecule has 0 unspecified atom stereocenters. The number of halogens is 2. The standard InChI is InChI=1S/C12H11Cl2N3/c1-7-6-16-12(17-11(7)15-2)9-4-3-8(13)5-10(9)14/h3-6H,1-2H3,(H,15,16,17). The molecule has 0 aliphatic rings. The molecule has 0 atom stereocenters. The average molecular weight is 268 g/mol. The van der Waals surface area contributed by atoms with E-state index in [-0.39, 0.29) is 0 Å². The van der Waals surface area contributed by atoms with Gasteiger partial charge in [-0.3, -0.25) is 0 Å². The second-order valence-corrected chi connectivity index (χ2v) is 4.44. The fourth-order valence-electron chi connectivity index (χ4n) is 1.50. The molecule has 5 heteroatoms. The molecule has 0 aliphatic carbocycles. The Bertz CT molecular complexity index is 555. The highest BCUT2D eigenvalue weighted by Gasteiger charge is 2.09. The van der Waals surface area contributed by atoms with Gasteiger partial charge in [0, 0.05) is 29.4 Å². The van der Waals surface area contributed by atoms with Crippen LogP contribution in [0, 0.1) is 6.92 Å². The van der Waals surface area contributed by atoms with Gasteiger partial charge in [0.15, 0.2) is 5.82 Å². The normalized spacial score (nSPS) is 10.4. The number of nitrogens with one attached hydrogen (secondary N) is 1. The van der Waals surface area contributed by atoms with Gasteiger partial charge in [0.25, 0.3) is 0 Å². The molecule has 1 aromatic carbocycles. The van der Waals surface area contributed by atoms with Crippen LogP contribution >= 0.6 is 23.2 Å². The molecule has 17 heavy (non-hydrogen) atoms. The van der Waals surface area contributed by atoms with Crippen LogP contribution in [0.25, 0.3) is 11.4 Å². The van der Waals surface area contributed by atoms with Crippen molar-refractivity contribution in [2.75, 3.05) is 12.4 Å². The second-order valence-electron chi connectivity index (χ2n) is 3.60. The molecule has 88 valence electrons. The Morgan fingerprint density at radius 3 is 2.65 bits per heavy atom. The molecule has 0 aliphatic heterocycles. The van der Waals surface area contributed by atoms with Crippen molar-refractivity contribution in [3.63, 3.8) is 0 Å². The zero-order valence-electron chi connectivity index (χ0n) is 9.46. The Kier molecular flexibility index (Phi) is 3.50. The van der Waals surface area contributed by atoms with Gasteiger partial charge < -0.3 is 5.32 Å². The van der Waals surface area contributed by atoms with E-state index < -0.39 is 0 Å². The number of hydrogen-bond donors (Lipinski definition) is 1. The lowest BCUT2D eigenvalue weighted by Crippen LogP contribution is -1.99. The second kappa shape index (κ2) is 4.90. The number of nitrogens with zero attached hydrogens (tertiary/aromatic N) is 2. The van der Waals surface area contributed by atoms with Crippen LogP contribution in [0.3, 0.4) is 0 Å². The van der Waals surface area contributed by atoms with Crippen molar-refractivity contribution in [3.05, 3.63) is 40.0 Å². The molecule has 0 saturated heterocycles. The van der Waals surface area contributed by atoms with Crippen LogP contribution in [0.15, 0.2) is 24.4 Å². The molecule has 2 rings (SSSR count). The highest BCUT2D eigenvalue weighted by molar-refractivity contribution is 6.36. The van der Waals surface area contributed by atoms with Crippen molar-refractivity contribution < 1.29 is 0 Å². The number of aryl methyl sites for hydroxylation is 1. The number of aromatic nitrogens is 2. The highest BCUT2D eigenvalue weighted by atomic mass is 35.5. The monoisotopic (exact) mass is 267 g/mol. The molecule has 1 N–H and O–H groups in total. The summed E-state index contributed by atoms with van der Waals surface area (Å²) >= 11 is 12.0. The van der Waals surface area contributed by atoms with Crippen LogP contribution in [-0.2, 0) is 0 Å². The maximum absolute atomic E-state index is 6.11. The van der Waals surface area contributed by atoms with Crippen molar-refractivity contribution in [3.8, 4) is 11.4 Å². The topological polar surface area (TPSA) is 37.8 Å². The van der Waals surface area contributed by atoms with E-state index in [0.717, 1.165) is 16.9 Å². The summed E-state index contributed by atoms with van der Waals surface area (Å²) in [5, 5.41) is 4.16. The van der Waals surface area contributed by atoms with Gasteiger partial charge in [-0.1, -0.05) is 23.2 Å². The summed E-state index contributed by atoms with van der Waals surface area (Å²) in [6, 6.07) is 5.26. The Hall–Kier alpha value is -1.32. The van der Waals surface area contributed by atoms with E-state index in [0.29, 0.717) is 15.9 Å². The summed E-state index contributed by atoms with van der Waals surface area (Å²) in [5.74, 6) is 1.38. The van der Waals surface area contributed by atoms with Gasteiger partial charge >= 0.3 is 0 Å². The fraction of sp³-hybridized carbons (Fsp3) is 0.167. The molecule has 0 amide bonds. The molecular formula is C12H11Cl2N3. The lowest BCUT2D eigenvalue weighted by Gasteiger charge is -2.07. The first-order valence-electron chi connectivity index (χ1n) is 5.08. The Morgan fingerprint density at radius 1 is 1.24 bits per heavy atom. The summed E-state index contributed by atoms with van der Waals surface area (Å²) in [6.45, 7) is 1.94. The van der Waals surface area contributed by atoms with Crippen molar-refractivity contribution in [2.45, 2.75) is 6.92 Å². The smallest absolute Gasteiger partial charge is 0.163 e. The van der Waals surface area contributed by atoms with Gasteiger partial charge in [-0.15, -0.1) is 0 Å². The molecule has 0 saturated carbocycles. The van der Waals surface area contributed by atoms with Crippen LogP contribution < -0.4 is 5.32 Å². The molecule has 0 radical (unpaired) electrons. The molecule has 1 heterocycles. The van der Waals surface area contributed by atoms with Crippen LogP contribution in [0.1, 0.15) is 5.56 Å².